The summed E-state index contributed by atoms with van der Waals surface area (Å²) in [6.07, 6.45) is 0. The van der Waals surface area contributed by atoms with E-state index < -0.39 is 0 Å². The number of nitrogens with zero attached hydrogens (tertiary/aromatic N) is 2. The molecule has 6 heteroatoms. The summed E-state index contributed by atoms with van der Waals surface area (Å²) < 4.78 is 1.45. The van der Waals surface area contributed by atoms with Crippen molar-refractivity contribution in [3.63, 3.8) is 0 Å². The van der Waals surface area contributed by atoms with Gasteiger partial charge in [0.25, 0.3) is 5.56 Å². The summed E-state index contributed by atoms with van der Waals surface area (Å²) in [5.41, 5.74) is 4.44. The number of aromatic nitrogens is 3. The second kappa shape index (κ2) is 6.39. The van der Waals surface area contributed by atoms with E-state index in [-0.39, 0.29) is 11.4 Å². The molecule has 25 heavy (non-hydrogen) atoms. The molecule has 4 aromatic rings. The lowest BCUT2D eigenvalue weighted by Gasteiger charge is -2.04. The van der Waals surface area contributed by atoms with Gasteiger partial charge in [0, 0.05) is 16.7 Å². The zero-order chi connectivity index (χ0) is 17.4. The molecule has 0 spiro atoms. The monoisotopic (exact) mass is 369 g/mol. The number of hydrogen-bond donors (Lipinski definition) is 1. The lowest BCUT2D eigenvalue weighted by molar-refractivity contribution is 0.891. The minimum absolute atomic E-state index is 0.182. The zero-order valence-electron chi connectivity index (χ0n) is 13.0. The molecule has 4 nitrogen and oxygen atoms in total. The normalized spacial score (nSPS) is 11.1. The fourth-order valence-corrected chi connectivity index (χ4v) is 3.12. The number of alkyl halides is 1. The van der Waals surface area contributed by atoms with E-state index in [9.17, 15) is 4.79 Å². The Morgan fingerprint density at radius 2 is 1.72 bits per heavy atom. The van der Waals surface area contributed by atoms with E-state index in [1.807, 2.05) is 54.6 Å². The highest BCUT2D eigenvalue weighted by atomic mass is 35.5. The molecular weight excluding hydrogens is 357 g/mol. The third kappa shape index (κ3) is 2.84. The van der Waals surface area contributed by atoms with E-state index >= 15 is 0 Å². The summed E-state index contributed by atoms with van der Waals surface area (Å²) in [5, 5.41) is 3.83. The molecule has 2 heterocycles. The van der Waals surface area contributed by atoms with Crippen LogP contribution in [-0.2, 0) is 5.88 Å². The van der Waals surface area contributed by atoms with Crippen molar-refractivity contribution in [2.75, 3.05) is 0 Å². The SMILES string of the molecule is O=c1cc(CCl)nc2c(-c3ccccc3)c(-c3ccc(Cl)cc3)[nH]n12. The van der Waals surface area contributed by atoms with Crippen molar-refractivity contribution in [2.24, 2.45) is 0 Å². The molecule has 0 saturated carbocycles. The molecule has 124 valence electrons. The highest BCUT2D eigenvalue weighted by Gasteiger charge is 2.18. The molecule has 0 fully saturated rings. The highest BCUT2D eigenvalue weighted by molar-refractivity contribution is 6.30. The van der Waals surface area contributed by atoms with E-state index in [0.29, 0.717) is 16.4 Å². The van der Waals surface area contributed by atoms with Crippen molar-refractivity contribution >= 4 is 28.8 Å². The first-order valence-corrected chi connectivity index (χ1v) is 8.60. The van der Waals surface area contributed by atoms with E-state index in [4.69, 9.17) is 23.2 Å². The van der Waals surface area contributed by atoms with Crippen molar-refractivity contribution in [3.8, 4) is 22.4 Å². The predicted molar refractivity (Wildman–Crippen MR) is 101 cm³/mol. The minimum atomic E-state index is -0.196. The number of benzene rings is 2. The van der Waals surface area contributed by atoms with Crippen LogP contribution >= 0.6 is 23.2 Å². The molecule has 0 bridgehead atoms. The Bertz CT molecular complexity index is 1100. The van der Waals surface area contributed by atoms with Gasteiger partial charge < -0.3 is 0 Å². The number of nitrogens with one attached hydrogen (secondary N) is 1. The Kier molecular flexibility index (Phi) is 4.07. The van der Waals surface area contributed by atoms with Crippen molar-refractivity contribution in [1.29, 1.82) is 0 Å². The average molecular weight is 370 g/mol. The molecule has 2 aromatic heterocycles. The first-order valence-electron chi connectivity index (χ1n) is 7.69. The van der Waals surface area contributed by atoms with Crippen LogP contribution in [-0.4, -0.2) is 14.6 Å². The van der Waals surface area contributed by atoms with Crippen LogP contribution in [0.4, 0.5) is 0 Å². The number of fused-ring (bicyclic) bond motifs is 1. The average Bonchev–Trinajstić information content (AvgIpc) is 3.03. The Balaban J connectivity index is 2.10. The molecule has 0 radical (unpaired) electrons. The Hall–Kier alpha value is -2.56. The maximum atomic E-state index is 12.5. The van der Waals surface area contributed by atoms with E-state index in [2.05, 4.69) is 10.1 Å². The van der Waals surface area contributed by atoms with Gasteiger partial charge in [-0.25, -0.2) is 9.50 Å². The summed E-state index contributed by atoms with van der Waals surface area (Å²) in [5.74, 6) is 0.182. The summed E-state index contributed by atoms with van der Waals surface area (Å²) in [6, 6.07) is 18.7. The van der Waals surface area contributed by atoms with Crippen molar-refractivity contribution < 1.29 is 0 Å². The summed E-state index contributed by atoms with van der Waals surface area (Å²) in [7, 11) is 0. The zero-order valence-corrected chi connectivity index (χ0v) is 14.6. The van der Waals surface area contributed by atoms with Crippen LogP contribution in [0, 0.1) is 0 Å². The molecular formula is C19H13Cl2N3O. The predicted octanol–water partition coefficient (Wildman–Crippen LogP) is 4.75. The maximum Gasteiger partial charge on any atom is 0.272 e. The topological polar surface area (TPSA) is 50.2 Å². The molecule has 0 aliphatic carbocycles. The first kappa shape index (κ1) is 15.9. The fraction of sp³-hybridized carbons (Fsp3) is 0.0526. The second-order valence-electron chi connectivity index (χ2n) is 5.61. The van der Waals surface area contributed by atoms with Gasteiger partial charge in [0.1, 0.15) is 0 Å². The molecule has 4 rings (SSSR count). The van der Waals surface area contributed by atoms with Gasteiger partial charge in [-0.2, -0.15) is 0 Å². The Morgan fingerprint density at radius 3 is 2.40 bits per heavy atom. The molecule has 0 amide bonds. The Morgan fingerprint density at radius 1 is 1.00 bits per heavy atom. The van der Waals surface area contributed by atoms with Crippen LogP contribution in [0.5, 0.6) is 0 Å². The molecule has 0 atom stereocenters. The third-order valence-corrected chi connectivity index (χ3v) is 4.53. The van der Waals surface area contributed by atoms with Crippen LogP contribution in [0.25, 0.3) is 28.0 Å². The number of hydrogen-bond acceptors (Lipinski definition) is 2. The van der Waals surface area contributed by atoms with Crippen LogP contribution in [0.2, 0.25) is 5.02 Å². The lowest BCUT2D eigenvalue weighted by Crippen LogP contribution is -2.15. The largest absolute Gasteiger partial charge is 0.288 e. The number of H-pyrrole nitrogens is 1. The van der Waals surface area contributed by atoms with Gasteiger partial charge in [0.2, 0.25) is 0 Å². The smallest absolute Gasteiger partial charge is 0.272 e. The van der Waals surface area contributed by atoms with Crippen LogP contribution in [0.1, 0.15) is 5.69 Å². The third-order valence-electron chi connectivity index (χ3n) is 4.00. The number of halogens is 2. The molecule has 0 unspecified atom stereocenters. The molecule has 0 aliphatic rings. The van der Waals surface area contributed by atoms with Crippen LogP contribution in [0.15, 0.2) is 65.5 Å². The molecule has 1 N–H and O–H groups in total. The Labute approximate surface area is 153 Å². The quantitative estimate of drug-likeness (QED) is 0.529. The van der Waals surface area contributed by atoms with Gasteiger partial charge in [0.15, 0.2) is 5.65 Å². The van der Waals surface area contributed by atoms with Gasteiger partial charge in [-0.1, -0.05) is 54.1 Å². The van der Waals surface area contributed by atoms with E-state index in [1.54, 1.807) is 0 Å². The van der Waals surface area contributed by atoms with Crippen molar-refractivity contribution in [3.05, 3.63) is 81.7 Å². The second-order valence-corrected chi connectivity index (χ2v) is 6.32. The summed E-state index contributed by atoms with van der Waals surface area (Å²) in [4.78, 5) is 17.0. The van der Waals surface area contributed by atoms with Crippen LogP contribution in [0.3, 0.4) is 0 Å². The minimum Gasteiger partial charge on any atom is -0.288 e. The lowest BCUT2D eigenvalue weighted by atomic mass is 10.0. The van der Waals surface area contributed by atoms with E-state index in [0.717, 1.165) is 22.4 Å². The van der Waals surface area contributed by atoms with E-state index in [1.165, 1.54) is 10.6 Å². The fourth-order valence-electron chi connectivity index (χ4n) is 2.86. The summed E-state index contributed by atoms with van der Waals surface area (Å²) >= 11 is 11.9. The first-order chi connectivity index (χ1) is 12.2. The van der Waals surface area contributed by atoms with Gasteiger partial charge >= 0.3 is 0 Å². The molecule has 0 saturated heterocycles. The molecule has 2 aromatic carbocycles. The number of aromatic amines is 1. The van der Waals surface area contributed by atoms with Gasteiger partial charge in [-0.05, 0) is 17.7 Å². The highest BCUT2D eigenvalue weighted by Crippen LogP contribution is 2.34. The number of rotatable bonds is 3. The van der Waals surface area contributed by atoms with Gasteiger partial charge in [-0.15, -0.1) is 11.6 Å². The van der Waals surface area contributed by atoms with Gasteiger partial charge in [-0.3, -0.25) is 9.89 Å². The molecule has 0 aliphatic heterocycles. The van der Waals surface area contributed by atoms with Gasteiger partial charge in [0.05, 0.1) is 22.8 Å². The van der Waals surface area contributed by atoms with Crippen molar-refractivity contribution in [2.45, 2.75) is 5.88 Å². The standard InChI is InChI=1S/C19H13Cl2N3O/c20-11-15-10-16(25)24-19(22-15)17(12-4-2-1-3-5-12)18(23-24)13-6-8-14(21)9-7-13/h1-10,23H,11H2. The summed E-state index contributed by atoms with van der Waals surface area (Å²) in [6.45, 7) is 0. The van der Waals surface area contributed by atoms with Crippen LogP contribution < -0.4 is 5.56 Å². The van der Waals surface area contributed by atoms with Crippen molar-refractivity contribution in [1.82, 2.24) is 14.6 Å². The maximum absolute atomic E-state index is 12.5.